The zero-order valence-corrected chi connectivity index (χ0v) is 11.3. The highest BCUT2D eigenvalue weighted by Crippen LogP contribution is 2.21. The van der Waals surface area contributed by atoms with Gasteiger partial charge in [-0.1, -0.05) is 19.4 Å². The third-order valence-corrected chi connectivity index (χ3v) is 3.17. The summed E-state index contributed by atoms with van der Waals surface area (Å²) in [6.45, 7) is 5.12. The minimum absolute atomic E-state index is 0.0144. The molecule has 2 rings (SSSR count). The first-order valence-electron chi connectivity index (χ1n) is 6.59. The molecule has 0 aliphatic rings. The van der Waals surface area contributed by atoms with Crippen molar-refractivity contribution in [2.24, 2.45) is 0 Å². The molecule has 0 aliphatic carbocycles. The Labute approximate surface area is 112 Å². The Kier molecular flexibility index (Phi) is 4.22. The zero-order chi connectivity index (χ0) is 13.8. The Balaban J connectivity index is 2.10. The van der Waals surface area contributed by atoms with Gasteiger partial charge in [0.15, 0.2) is 0 Å². The van der Waals surface area contributed by atoms with Gasteiger partial charge in [-0.15, -0.1) is 0 Å². The number of rotatable bonds is 6. The summed E-state index contributed by atoms with van der Waals surface area (Å²) >= 11 is 0. The summed E-state index contributed by atoms with van der Waals surface area (Å²) < 4.78 is 5.23. The van der Waals surface area contributed by atoms with Gasteiger partial charge in [-0.3, -0.25) is 0 Å². The fraction of sp³-hybridized carbons (Fsp3) is 0.400. The van der Waals surface area contributed by atoms with Crippen molar-refractivity contribution < 1.29 is 14.3 Å². The minimum atomic E-state index is -1.03. The van der Waals surface area contributed by atoms with E-state index in [0.717, 1.165) is 30.3 Å². The molecular weight excluding hydrogens is 242 g/mol. The van der Waals surface area contributed by atoms with E-state index in [2.05, 4.69) is 19.2 Å². The van der Waals surface area contributed by atoms with Crippen molar-refractivity contribution in [1.82, 2.24) is 5.32 Å². The monoisotopic (exact) mass is 261 g/mol. The van der Waals surface area contributed by atoms with E-state index in [4.69, 9.17) is 9.52 Å². The van der Waals surface area contributed by atoms with E-state index in [1.165, 1.54) is 0 Å². The molecule has 2 aromatic rings. The lowest BCUT2D eigenvalue weighted by molar-refractivity contribution is 0.0665. The molecule has 0 bridgehead atoms. The molecule has 1 unspecified atom stereocenters. The first-order valence-corrected chi connectivity index (χ1v) is 6.59. The molecule has 0 saturated carbocycles. The van der Waals surface area contributed by atoms with Gasteiger partial charge >= 0.3 is 5.97 Å². The Morgan fingerprint density at radius 2 is 2.21 bits per heavy atom. The second kappa shape index (κ2) is 5.89. The van der Waals surface area contributed by atoms with Crippen LogP contribution in [0.5, 0.6) is 0 Å². The molecule has 4 nitrogen and oxygen atoms in total. The number of nitrogens with one attached hydrogen (secondary N) is 1. The fourth-order valence-electron chi connectivity index (χ4n) is 2.14. The molecule has 19 heavy (non-hydrogen) atoms. The third kappa shape index (κ3) is 3.35. The van der Waals surface area contributed by atoms with Crippen LogP contribution in [0.1, 0.15) is 42.8 Å². The molecule has 1 aromatic heterocycles. The molecule has 0 amide bonds. The lowest BCUT2D eigenvalue weighted by Gasteiger charge is -2.12. The minimum Gasteiger partial charge on any atom is -0.475 e. The van der Waals surface area contributed by atoms with Crippen molar-refractivity contribution in [3.8, 4) is 0 Å². The average Bonchev–Trinajstić information content (AvgIpc) is 2.80. The smallest absolute Gasteiger partial charge is 0.371 e. The SMILES string of the molecule is CCCC(C)NCc1ccc2oc(C(=O)O)cc2c1. The molecule has 0 spiro atoms. The summed E-state index contributed by atoms with van der Waals surface area (Å²) in [5.74, 6) is -1.05. The lowest BCUT2D eigenvalue weighted by atomic mass is 10.1. The van der Waals surface area contributed by atoms with Gasteiger partial charge in [0, 0.05) is 18.0 Å². The number of benzene rings is 1. The number of carbonyl (C=O) groups is 1. The van der Waals surface area contributed by atoms with E-state index < -0.39 is 5.97 Å². The molecule has 1 heterocycles. The van der Waals surface area contributed by atoms with E-state index in [1.54, 1.807) is 6.07 Å². The van der Waals surface area contributed by atoms with Crippen molar-refractivity contribution in [3.63, 3.8) is 0 Å². The number of aromatic carboxylic acids is 1. The van der Waals surface area contributed by atoms with Crippen LogP contribution in [0.4, 0.5) is 0 Å². The third-order valence-electron chi connectivity index (χ3n) is 3.17. The van der Waals surface area contributed by atoms with Gasteiger partial charge < -0.3 is 14.8 Å². The summed E-state index contributed by atoms with van der Waals surface area (Å²) in [6.07, 6.45) is 2.31. The highest BCUT2D eigenvalue weighted by molar-refractivity contribution is 5.91. The van der Waals surface area contributed by atoms with Crippen molar-refractivity contribution in [3.05, 3.63) is 35.6 Å². The molecule has 1 aromatic carbocycles. The molecular formula is C15H19NO3. The second-order valence-corrected chi connectivity index (χ2v) is 4.86. The van der Waals surface area contributed by atoms with Crippen LogP contribution in [0, 0.1) is 0 Å². The van der Waals surface area contributed by atoms with Crippen molar-refractivity contribution in [2.75, 3.05) is 0 Å². The number of fused-ring (bicyclic) bond motifs is 1. The number of carboxylic acids is 1. The van der Waals surface area contributed by atoms with Gasteiger partial charge in [-0.2, -0.15) is 0 Å². The molecule has 0 radical (unpaired) electrons. The fourth-order valence-corrected chi connectivity index (χ4v) is 2.14. The van der Waals surface area contributed by atoms with E-state index in [1.807, 2.05) is 18.2 Å². The molecule has 2 N–H and O–H groups in total. The van der Waals surface area contributed by atoms with Crippen LogP contribution in [-0.2, 0) is 6.54 Å². The topological polar surface area (TPSA) is 62.5 Å². The summed E-state index contributed by atoms with van der Waals surface area (Å²) in [5, 5.41) is 13.2. The Bertz CT molecular complexity index is 574. The lowest BCUT2D eigenvalue weighted by Crippen LogP contribution is -2.24. The summed E-state index contributed by atoms with van der Waals surface area (Å²) in [7, 11) is 0. The maximum Gasteiger partial charge on any atom is 0.371 e. The maximum atomic E-state index is 10.8. The summed E-state index contributed by atoms with van der Waals surface area (Å²) in [4.78, 5) is 10.8. The van der Waals surface area contributed by atoms with Crippen LogP contribution in [0.15, 0.2) is 28.7 Å². The van der Waals surface area contributed by atoms with Gasteiger partial charge in [0.05, 0.1) is 0 Å². The van der Waals surface area contributed by atoms with Crippen LogP contribution in [-0.4, -0.2) is 17.1 Å². The maximum absolute atomic E-state index is 10.8. The van der Waals surface area contributed by atoms with Gasteiger partial charge in [-0.25, -0.2) is 4.79 Å². The Morgan fingerprint density at radius 3 is 2.89 bits per heavy atom. The normalized spacial score (nSPS) is 12.7. The van der Waals surface area contributed by atoms with Crippen molar-refractivity contribution in [2.45, 2.75) is 39.3 Å². The molecule has 0 saturated heterocycles. The van der Waals surface area contributed by atoms with Gasteiger partial charge in [0.2, 0.25) is 5.76 Å². The predicted octanol–water partition coefficient (Wildman–Crippen LogP) is 3.41. The zero-order valence-electron chi connectivity index (χ0n) is 11.3. The molecule has 102 valence electrons. The van der Waals surface area contributed by atoms with Crippen LogP contribution in [0.25, 0.3) is 11.0 Å². The summed E-state index contributed by atoms with van der Waals surface area (Å²) in [5.41, 5.74) is 1.75. The van der Waals surface area contributed by atoms with Crippen molar-refractivity contribution in [1.29, 1.82) is 0 Å². The second-order valence-electron chi connectivity index (χ2n) is 4.86. The van der Waals surface area contributed by atoms with Gasteiger partial charge in [-0.05, 0) is 37.1 Å². The molecule has 1 atom stereocenters. The molecule has 0 aliphatic heterocycles. The quantitative estimate of drug-likeness (QED) is 0.836. The Morgan fingerprint density at radius 1 is 1.42 bits per heavy atom. The van der Waals surface area contributed by atoms with Gasteiger partial charge in [0.1, 0.15) is 5.58 Å². The summed E-state index contributed by atoms with van der Waals surface area (Å²) in [6, 6.07) is 7.81. The van der Waals surface area contributed by atoms with Crippen LogP contribution < -0.4 is 5.32 Å². The largest absolute Gasteiger partial charge is 0.475 e. The van der Waals surface area contributed by atoms with Crippen LogP contribution in [0.3, 0.4) is 0 Å². The number of hydrogen-bond acceptors (Lipinski definition) is 3. The van der Waals surface area contributed by atoms with Crippen LogP contribution >= 0.6 is 0 Å². The highest BCUT2D eigenvalue weighted by atomic mass is 16.4. The molecule has 0 fully saturated rings. The van der Waals surface area contributed by atoms with E-state index in [0.29, 0.717) is 11.6 Å². The van der Waals surface area contributed by atoms with Crippen LogP contribution in [0.2, 0.25) is 0 Å². The number of carboxylic acid groups (broad SMARTS) is 1. The first-order chi connectivity index (χ1) is 9.10. The first kappa shape index (κ1) is 13.6. The average molecular weight is 261 g/mol. The number of hydrogen-bond donors (Lipinski definition) is 2. The Hall–Kier alpha value is -1.81. The van der Waals surface area contributed by atoms with E-state index >= 15 is 0 Å². The standard InChI is InChI=1S/C15H19NO3/c1-3-4-10(2)16-9-11-5-6-13-12(7-11)8-14(19-13)15(17)18/h5-8,10,16H,3-4,9H2,1-2H3,(H,17,18). The van der Waals surface area contributed by atoms with E-state index in [9.17, 15) is 4.79 Å². The molecule has 4 heteroatoms. The number of furan rings is 1. The van der Waals surface area contributed by atoms with Crippen molar-refractivity contribution >= 4 is 16.9 Å². The van der Waals surface area contributed by atoms with Gasteiger partial charge in [0.25, 0.3) is 0 Å². The predicted molar refractivity (Wildman–Crippen MR) is 74.4 cm³/mol. The van der Waals surface area contributed by atoms with E-state index in [-0.39, 0.29) is 5.76 Å². The highest BCUT2D eigenvalue weighted by Gasteiger charge is 2.10.